The largest absolute Gasteiger partial charge is 0.296 e. The van der Waals surface area contributed by atoms with E-state index in [0.29, 0.717) is 5.92 Å². The Morgan fingerprint density at radius 3 is 2.11 bits per heavy atom. The van der Waals surface area contributed by atoms with E-state index in [2.05, 4.69) is 144 Å². The first-order valence-electron chi connectivity index (χ1n) is 15.8. The minimum Gasteiger partial charge on any atom is -0.296 e. The van der Waals surface area contributed by atoms with Gasteiger partial charge in [0.25, 0.3) is 0 Å². The van der Waals surface area contributed by atoms with Crippen LogP contribution in [0.4, 0.5) is 0 Å². The molecule has 6 aromatic carbocycles. The minimum absolute atomic E-state index is 0.318. The summed E-state index contributed by atoms with van der Waals surface area (Å²) in [6, 6.07) is 47.0. The molecule has 1 unspecified atom stereocenters. The van der Waals surface area contributed by atoms with Crippen molar-refractivity contribution in [3.05, 3.63) is 162 Å². The van der Waals surface area contributed by atoms with Crippen molar-refractivity contribution in [2.24, 2.45) is 0 Å². The van der Waals surface area contributed by atoms with Crippen LogP contribution in [0.15, 0.2) is 133 Å². The van der Waals surface area contributed by atoms with Gasteiger partial charge in [0.1, 0.15) is 5.82 Å². The number of imidazole rings is 1. The van der Waals surface area contributed by atoms with E-state index in [1.165, 1.54) is 60.7 Å². The Morgan fingerprint density at radius 2 is 1.30 bits per heavy atom. The van der Waals surface area contributed by atoms with Gasteiger partial charge in [0.2, 0.25) is 0 Å². The molecule has 2 nitrogen and oxygen atoms in total. The molecule has 1 atom stereocenters. The normalized spacial score (nSPS) is 15.5. The molecule has 0 aliphatic heterocycles. The Kier molecular flexibility index (Phi) is 5.87. The Hall–Kier alpha value is -5.21. The number of rotatable bonds is 3. The maximum absolute atomic E-state index is 5.10. The number of fused-ring (bicyclic) bond motifs is 9. The number of aromatic nitrogens is 2. The third-order valence-electron chi connectivity index (χ3n) is 9.74. The van der Waals surface area contributed by atoms with Gasteiger partial charge in [-0.15, -0.1) is 0 Å². The van der Waals surface area contributed by atoms with Gasteiger partial charge in [-0.1, -0.05) is 121 Å². The molecule has 0 amide bonds. The molecule has 44 heavy (non-hydrogen) atoms. The van der Waals surface area contributed by atoms with Crippen LogP contribution in [0.2, 0.25) is 0 Å². The van der Waals surface area contributed by atoms with Gasteiger partial charge < -0.3 is 0 Å². The van der Waals surface area contributed by atoms with Gasteiger partial charge >= 0.3 is 0 Å². The lowest BCUT2D eigenvalue weighted by Crippen LogP contribution is -2.06. The predicted octanol–water partition coefficient (Wildman–Crippen LogP) is 10.6. The van der Waals surface area contributed by atoms with Crippen LogP contribution in [0, 0.1) is 0 Å². The van der Waals surface area contributed by atoms with Gasteiger partial charge in [0.05, 0.1) is 11.4 Å². The van der Waals surface area contributed by atoms with E-state index in [9.17, 15) is 0 Å². The smallest absolute Gasteiger partial charge is 0.145 e. The lowest BCUT2D eigenvalue weighted by Gasteiger charge is -2.20. The second-order valence-corrected chi connectivity index (χ2v) is 12.1. The summed E-state index contributed by atoms with van der Waals surface area (Å²) in [4.78, 5) is 5.10. The van der Waals surface area contributed by atoms with Crippen molar-refractivity contribution >= 4 is 27.6 Å². The third kappa shape index (κ3) is 3.91. The zero-order chi connectivity index (χ0) is 29.0. The van der Waals surface area contributed by atoms with Crippen molar-refractivity contribution in [3.8, 4) is 28.2 Å². The summed E-state index contributed by atoms with van der Waals surface area (Å²) in [6.07, 6.45) is 8.60. The van der Waals surface area contributed by atoms with Crippen molar-refractivity contribution in [3.63, 3.8) is 0 Å². The number of nitrogens with zero attached hydrogens (tertiary/aromatic N) is 2. The first kappa shape index (κ1) is 25.3. The molecule has 0 fully saturated rings. The highest BCUT2D eigenvalue weighted by molar-refractivity contribution is 6.16. The van der Waals surface area contributed by atoms with Gasteiger partial charge in [-0.05, 0) is 93.3 Å². The van der Waals surface area contributed by atoms with E-state index in [0.717, 1.165) is 42.8 Å². The van der Waals surface area contributed by atoms with E-state index in [1.54, 1.807) is 0 Å². The molecule has 1 heterocycles. The molecule has 210 valence electrons. The zero-order valence-corrected chi connectivity index (χ0v) is 24.6. The van der Waals surface area contributed by atoms with E-state index < -0.39 is 0 Å². The number of hydrogen-bond acceptors (Lipinski definition) is 1. The van der Waals surface area contributed by atoms with Crippen LogP contribution in [0.1, 0.15) is 46.8 Å². The molecule has 9 rings (SSSR count). The van der Waals surface area contributed by atoms with Gasteiger partial charge in [0.15, 0.2) is 0 Å². The predicted molar refractivity (Wildman–Crippen MR) is 183 cm³/mol. The SMILES string of the molecule is C1=Cc2nc(-c3ccccc3)n(-c3ccc(C4CCc5c(c6ccccc6c6ccccc56)-c5ccccc54)cc3)c2CC1. The van der Waals surface area contributed by atoms with E-state index in [4.69, 9.17) is 4.98 Å². The van der Waals surface area contributed by atoms with Crippen LogP contribution >= 0.6 is 0 Å². The van der Waals surface area contributed by atoms with Crippen molar-refractivity contribution in [2.45, 2.75) is 31.6 Å². The fourth-order valence-electron chi connectivity index (χ4n) is 7.77. The molecule has 0 N–H and O–H groups in total. The van der Waals surface area contributed by atoms with Crippen molar-refractivity contribution in [1.29, 1.82) is 0 Å². The molecule has 2 aliphatic rings. The van der Waals surface area contributed by atoms with Crippen LogP contribution in [0.5, 0.6) is 0 Å². The Balaban J connectivity index is 1.18. The van der Waals surface area contributed by atoms with E-state index >= 15 is 0 Å². The molecule has 7 aromatic rings. The van der Waals surface area contributed by atoms with Gasteiger partial charge in [-0.2, -0.15) is 0 Å². The highest BCUT2D eigenvalue weighted by Gasteiger charge is 2.27. The first-order valence-corrected chi connectivity index (χ1v) is 15.8. The van der Waals surface area contributed by atoms with E-state index in [1.807, 2.05) is 0 Å². The van der Waals surface area contributed by atoms with Crippen molar-refractivity contribution in [2.75, 3.05) is 0 Å². The fraction of sp³-hybridized carbons (Fsp3) is 0.119. The lowest BCUT2D eigenvalue weighted by molar-refractivity contribution is 0.727. The van der Waals surface area contributed by atoms with E-state index in [-0.39, 0.29) is 0 Å². The molecule has 0 saturated carbocycles. The van der Waals surface area contributed by atoms with Crippen LogP contribution in [0.3, 0.4) is 0 Å². The monoisotopic (exact) mass is 564 g/mol. The molecule has 2 aliphatic carbocycles. The van der Waals surface area contributed by atoms with Gasteiger partial charge in [-0.25, -0.2) is 4.98 Å². The summed E-state index contributed by atoms with van der Waals surface area (Å²) in [5, 5.41) is 5.44. The second-order valence-electron chi connectivity index (χ2n) is 12.1. The third-order valence-corrected chi connectivity index (χ3v) is 9.74. The van der Waals surface area contributed by atoms with Crippen LogP contribution in [0.25, 0.3) is 55.8 Å². The van der Waals surface area contributed by atoms with Crippen molar-refractivity contribution < 1.29 is 0 Å². The maximum Gasteiger partial charge on any atom is 0.145 e. The standard InChI is InChI=1S/C42H32N2/c1-2-12-29(13-3-1)42-43-39-20-10-11-21-40(39)44(42)30-24-22-28(23-25-30)31-26-27-38-35-17-5-4-15-33(35)34-16-7-9-19-37(34)41(38)36-18-8-6-14-32(31)36/h1-10,12-20,22-25,31H,11,21,26-27H2. The van der Waals surface area contributed by atoms with Crippen LogP contribution in [-0.4, -0.2) is 9.55 Å². The number of aryl methyl sites for hydroxylation is 1. The Bertz CT molecular complexity index is 2220. The molecule has 0 saturated heterocycles. The minimum atomic E-state index is 0.318. The highest BCUT2D eigenvalue weighted by Crippen LogP contribution is 2.47. The summed E-state index contributed by atoms with van der Waals surface area (Å²) in [6.45, 7) is 0. The Labute approximate surface area is 258 Å². The van der Waals surface area contributed by atoms with Crippen LogP contribution in [-0.2, 0) is 12.8 Å². The molecular weight excluding hydrogens is 532 g/mol. The first-order chi connectivity index (χ1) is 21.8. The number of hydrogen-bond donors (Lipinski definition) is 0. The van der Waals surface area contributed by atoms with Gasteiger partial charge in [-0.3, -0.25) is 4.57 Å². The topological polar surface area (TPSA) is 17.8 Å². The maximum atomic E-state index is 5.10. The molecule has 2 heteroatoms. The summed E-state index contributed by atoms with van der Waals surface area (Å²) >= 11 is 0. The molecule has 0 bridgehead atoms. The molecule has 0 spiro atoms. The van der Waals surface area contributed by atoms with Gasteiger partial charge in [0, 0.05) is 17.2 Å². The quantitative estimate of drug-likeness (QED) is 0.195. The summed E-state index contributed by atoms with van der Waals surface area (Å²) in [7, 11) is 0. The fourth-order valence-corrected chi connectivity index (χ4v) is 7.77. The molecular formula is C42H32N2. The molecule has 0 radical (unpaired) electrons. The zero-order valence-electron chi connectivity index (χ0n) is 24.6. The summed E-state index contributed by atoms with van der Waals surface area (Å²) in [5.41, 5.74) is 11.8. The second kappa shape index (κ2) is 10.2. The average Bonchev–Trinajstić information content (AvgIpc) is 3.40. The molecule has 1 aromatic heterocycles. The van der Waals surface area contributed by atoms with Crippen LogP contribution < -0.4 is 0 Å². The summed E-state index contributed by atoms with van der Waals surface area (Å²) in [5.74, 6) is 1.34. The van der Waals surface area contributed by atoms with Crippen molar-refractivity contribution in [1.82, 2.24) is 9.55 Å². The summed E-state index contributed by atoms with van der Waals surface area (Å²) < 4.78 is 2.38. The number of allylic oxidation sites excluding steroid dienone is 1. The lowest BCUT2D eigenvalue weighted by atomic mass is 9.85. The highest BCUT2D eigenvalue weighted by atomic mass is 15.1. The average molecular weight is 565 g/mol. The Morgan fingerprint density at radius 1 is 0.614 bits per heavy atom. The number of benzene rings is 6.